The standard InChI is InChI=1S/C44H53F2N13O4/c1-53-40-31(38(51-53)32-9-10-37(60)50-43(32)61)3-2-4-35(40)56-21-27(22-56)20-55-15-13-54(14-16-55)19-26-5-7-28(8-6-26)59-24-34(39(52-59)41(45)46)48-44(62)33-18-47-58-12-11-36(49-42(33)58)57-23-30-17-29(57)25-63-30/h2-4,11-12,18,24,26-30,32,41H,5-10,13-17,19-23,25H2,1H3,(H,48,62)(H,50,60,61)/t26?,28?,29-,30-,32?/m1/s1. The number of hydrogen-bond acceptors (Lipinski definition) is 12. The Morgan fingerprint density at radius 2 is 1.73 bits per heavy atom. The van der Waals surface area contributed by atoms with Gasteiger partial charge in [-0.3, -0.25) is 29.1 Å². The van der Waals surface area contributed by atoms with Gasteiger partial charge in [-0.15, -0.1) is 0 Å². The third-order valence-corrected chi connectivity index (χ3v) is 14.4. The van der Waals surface area contributed by atoms with Gasteiger partial charge < -0.3 is 29.7 Å². The van der Waals surface area contributed by atoms with Crippen LogP contribution in [0, 0.1) is 11.8 Å². The fourth-order valence-corrected chi connectivity index (χ4v) is 11.1. The largest absolute Gasteiger partial charge is 0.374 e. The monoisotopic (exact) mass is 865 g/mol. The van der Waals surface area contributed by atoms with E-state index in [1.54, 1.807) is 17.1 Å². The Morgan fingerprint density at radius 3 is 2.44 bits per heavy atom. The van der Waals surface area contributed by atoms with E-state index >= 15 is 0 Å². The van der Waals surface area contributed by atoms with Crippen molar-refractivity contribution in [1.29, 1.82) is 0 Å². The van der Waals surface area contributed by atoms with E-state index in [9.17, 15) is 23.2 Å². The molecule has 5 aromatic rings. The molecule has 6 aliphatic rings. The summed E-state index contributed by atoms with van der Waals surface area (Å²) >= 11 is 0. The first-order chi connectivity index (χ1) is 30.6. The highest BCUT2D eigenvalue weighted by atomic mass is 19.3. The van der Waals surface area contributed by atoms with E-state index in [2.05, 4.69) is 46.5 Å². The van der Waals surface area contributed by atoms with Crippen LogP contribution < -0.4 is 20.4 Å². The number of aryl methyl sites for hydroxylation is 1. The van der Waals surface area contributed by atoms with Crippen molar-refractivity contribution >= 4 is 51.5 Å². The molecule has 5 saturated heterocycles. The number of fused-ring (bicyclic) bond motifs is 4. The Labute approximate surface area is 362 Å². The van der Waals surface area contributed by atoms with Gasteiger partial charge in [0.25, 0.3) is 12.3 Å². The molecule has 0 spiro atoms. The van der Waals surface area contributed by atoms with Crippen LogP contribution in [0.15, 0.2) is 42.9 Å². The Morgan fingerprint density at radius 1 is 0.952 bits per heavy atom. The molecule has 6 fully saturated rings. The first-order valence-electron chi connectivity index (χ1n) is 22.5. The maximum atomic E-state index is 14.3. The van der Waals surface area contributed by atoms with Gasteiger partial charge in [-0.1, -0.05) is 12.1 Å². The number of morpholine rings is 1. The number of nitrogens with one attached hydrogen (secondary N) is 2. The maximum Gasteiger partial charge on any atom is 0.284 e. The van der Waals surface area contributed by atoms with Crippen molar-refractivity contribution in [2.24, 2.45) is 18.9 Å². The molecule has 11 rings (SSSR count). The molecule has 1 saturated carbocycles. The molecule has 63 heavy (non-hydrogen) atoms. The third kappa shape index (κ3) is 7.60. The molecule has 3 atom stereocenters. The van der Waals surface area contributed by atoms with E-state index in [-0.39, 0.29) is 41.3 Å². The lowest BCUT2D eigenvalue weighted by molar-refractivity contribution is -0.134. The number of piperidine rings is 1. The predicted octanol–water partition coefficient (Wildman–Crippen LogP) is 3.99. The molecule has 9 heterocycles. The summed E-state index contributed by atoms with van der Waals surface area (Å²) in [6, 6.07) is 8.32. The number of carbonyl (C=O) groups is 3. The first kappa shape index (κ1) is 40.3. The summed E-state index contributed by atoms with van der Waals surface area (Å²) in [6.07, 6.45) is 7.53. The van der Waals surface area contributed by atoms with Gasteiger partial charge in [-0.05, 0) is 56.6 Å². The number of alkyl halides is 2. The van der Waals surface area contributed by atoms with Gasteiger partial charge in [0.1, 0.15) is 11.4 Å². The molecule has 332 valence electrons. The van der Waals surface area contributed by atoms with Gasteiger partial charge in [0, 0.05) is 96.1 Å². The van der Waals surface area contributed by atoms with Crippen LogP contribution in [0.1, 0.15) is 85.1 Å². The topological polar surface area (TPSA) is 163 Å². The molecule has 19 heteroatoms. The Hall–Kier alpha value is -5.53. The van der Waals surface area contributed by atoms with Gasteiger partial charge in [-0.25, -0.2) is 18.3 Å². The van der Waals surface area contributed by atoms with Crippen molar-refractivity contribution in [1.82, 2.24) is 49.3 Å². The van der Waals surface area contributed by atoms with Gasteiger partial charge in [0.15, 0.2) is 11.3 Å². The number of benzene rings is 1. The van der Waals surface area contributed by atoms with E-state index in [0.29, 0.717) is 36.9 Å². The quantitative estimate of drug-likeness (QED) is 0.184. The van der Waals surface area contributed by atoms with Crippen molar-refractivity contribution in [2.45, 2.75) is 75.5 Å². The second-order valence-corrected chi connectivity index (χ2v) is 18.5. The summed E-state index contributed by atoms with van der Waals surface area (Å²) in [6.45, 7) is 9.60. The second kappa shape index (κ2) is 16.2. The molecule has 4 aromatic heterocycles. The lowest BCUT2D eigenvalue weighted by Crippen LogP contribution is -2.55. The maximum absolute atomic E-state index is 14.3. The van der Waals surface area contributed by atoms with E-state index in [1.165, 1.54) is 10.7 Å². The summed E-state index contributed by atoms with van der Waals surface area (Å²) in [7, 11) is 1.93. The highest BCUT2D eigenvalue weighted by molar-refractivity contribution is 6.08. The SMILES string of the molecule is Cn1nc(C2CCC(=O)NC2=O)c2cccc(N3CC(CN4CCN(CC5CCC(n6cc(NC(=O)c7cnn8ccc(N9C[C@H]%10C[C@@H]9CO%10)nc78)c(C(F)F)n6)CC5)CC4)C3)c21. The molecule has 2 bridgehead atoms. The van der Waals surface area contributed by atoms with Crippen LogP contribution in [0.3, 0.4) is 0 Å². The molecule has 1 aromatic carbocycles. The number of halogens is 2. The summed E-state index contributed by atoms with van der Waals surface area (Å²) in [5.74, 6) is 0.402. The second-order valence-electron chi connectivity index (χ2n) is 18.5. The lowest BCUT2D eigenvalue weighted by Gasteiger charge is -2.45. The first-order valence-corrected chi connectivity index (χ1v) is 22.5. The summed E-state index contributed by atoms with van der Waals surface area (Å²) in [5.41, 5.74) is 3.07. The number of imide groups is 1. The van der Waals surface area contributed by atoms with Crippen LogP contribution in [-0.4, -0.2) is 139 Å². The van der Waals surface area contributed by atoms with E-state index in [1.807, 2.05) is 29.9 Å². The fraction of sp³-hybridized carbons (Fsp3) is 0.568. The third-order valence-electron chi connectivity index (χ3n) is 14.4. The van der Waals surface area contributed by atoms with E-state index in [4.69, 9.17) is 14.8 Å². The van der Waals surface area contributed by atoms with Crippen molar-refractivity contribution < 1.29 is 27.9 Å². The molecule has 0 radical (unpaired) electrons. The van der Waals surface area contributed by atoms with Gasteiger partial charge in [-0.2, -0.15) is 15.3 Å². The minimum atomic E-state index is -2.84. The summed E-state index contributed by atoms with van der Waals surface area (Å²) in [5, 5.41) is 19.6. The number of anilines is 3. The molecule has 3 amide bonds. The van der Waals surface area contributed by atoms with Gasteiger partial charge in [0.05, 0.1) is 59.5 Å². The van der Waals surface area contributed by atoms with E-state index < -0.39 is 23.9 Å². The normalized spacial score (nSPS) is 26.1. The predicted molar refractivity (Wildman–Crippen MR) is 229 cm³/mol. The average molecular weight is 866 g/mol. The highest BCUT2D eigenvalue weighted by Gasteiger charge is 2.40. The fourth-order valence-electron chi connectivity index (χ4n) is 11.1. The number of carbonyl (C=O) groups excluding carboxylic acids is 3. The minimum Gasteiger partial charge on any atom is -0.374 e. The van der Waals surface area contributed by atoms with Crippen LogP contribution in [-0.2, 0) is 21.4 Å². The Balaban J connectivity index is 0.648. The zero-order valence-electron chi connectivity index (χ0n) is 35.4. The van der Waals surface area contributed by atoms with Crippen LogP contribution in [0.5, 0.6) is 0 Å². The van der Waals surface area contributed by atoms with Crippen LogP contribution >= 0.6 is 0 Å². The number of rotatable bonds is 11. The number of aromatic nitrogens is 7. The van der Waals surface area contributed by atoms with Crippen LogP contribution in [0.2, 0.25) is 0 Å². The number of hydrogen-bond donors (Lipinski definition) is 2. The van der Waals surface area contributed by atoms with Gasteiger partial charge >= 0.3 is 0 Å². The minimum absolute atomic E-state index is 0.0125. The molecule has 1 unspecified atom stereocenters. The lowest BCUT2D eigenvalue weighted by atomic mass is 9.85. The zero-order valence-corrected chi connectivity index (χ0v) is 35.4. The van der Waals surface area contributed by atoms with Crippen molar-refractivity contribution in [3.63, 3.8) is 0 Å². The van der Waals surface area contributed by atoms with Gasteiger partial charge in [0.2, 0.25) is 11.8 Å². The number of ether oxygens (including phenoxy) is 1. The number of nitrogens with zero attached hydrogens (tertiary/aromatic N) is 11. The van der Waals surface area contributed by atoms with E-state index in [0.717, 1.165) is 119 Å². The number of piperazine rings is 1. The van der Waals surface area contributed by atoms with Crippen LogP contribution in [0.4, 0.5) is 26.0 Å². The van der Waals surface area contributed by atoms with Crippen molar-refractivity contribution in [3.8, 4) is 0 Å². The molecular weight excluding hydrogens is 813 g/mol. The molecular formula is C44H53F2N13O4. The molecule has 5 aliphatic heterocycles. The highest BCUT2D eigenvalue weighted by Crippen LogP contribution is 2.39. The summed E-state index contributed by atoms with van der Waals surface area (Å²) < 4.78 is 39.4. The molecule has 2 N–H and O–H groups in total. The average Bonchev–Trinajstić information content (AvgIpc) is 4.12. The number of para-hydroxylation sites is 1. The molecule has 17 nitrogen and oxygen atoms in total. The molecule has 1 aliphatic carbocycles. The number of amides is 3. The van der Waals surface area contributed by atoms with Crippen molar-refractivity contribution in [3.05, 3.63) is 59.8 Å². The Kier molecular flexibility index (Phi) is 10.4. The smallest absolute Gasteiger partial charge is 0.284 e. The van der Waals surface area contributed by atoms with Crippen molar-refractivity contribution in [2.75, 3.05) is 80.6 Å². The zero-order chi connectivity index (χ0) is 42.9. The Bertz CT molecular complexity index is 2550. The van der Waals surface area contributed by atoms with Crippen LogP contribution in [0.25, 0.3) is 16.6 Å². The summed E-state index contributed by atoms with van der Waals surface area (Å²) in [4.78, 5) is 52.5.